The first-order valence-electron chi connectivity index (χ1n) is 5.87. The number of hydrogen-bond donors (Lipinski definition) is 0. The highest BCUT2D eigenvalue weighted by Gasteiger charge is 2.19. The van der Waals surface area contributed by atoms with E-state index in [0.29, 0.717) is 18.9 Å². The van der Waals surface area contributed by atoms with E-state index in [9.17, 15) is 9.59 Å². The van der Waals surface area contributed by atoms with Gasteiger partial charge in [-0.1, -0.05) is 20.8 Å². The summed E-state index contributed by atoms with van der Waals surface area (Å²) in [5.74, 6) is 0.0421. The first kappa shape index (κ1) is 16.3. The monoisotopic (exact) mass is 261 g/mol. The van der Waals surface area contributed by atoms with Crippen molar-refractivity contribution in [1.82, 2.24) is 4.90 Å². The molecule has 0 atom stereocenters. The molecule has 0 aliphatic rings. The number of hydrogen-bond acceptors (Lipinski definition) is 4. The molecular weight excluding hydrogens is 238 g/mol. The van der Waals surface area contributed by atoms with E-state index in [1.165, 1.54) is 4.90 Å². The van der Waals surface area contributed by atoms with Crippen LogP contribution in [0.4, 0.5) is 0 Å². The maximum atomic E-state index is 11.9. The molecule has 0 heterocycles. The molecule has 0 aliphatic heterocycles. The summed E-state index contributed by atoms with van der Waals surface area (Å²) >= 11 is 1.58. The molecule has 0 unspecified atom stereocenters. The molecule has 0 fully saturated rings. The van der Waals surface area contributed by atoms with Crippen LogP contribution < -0.4 is 0 Å². The van der Waals surface area contributed by atoms with E-state index in [-0.39, 0.29) is 23.2 Å². The van der Waals surface area contributed by atoms with E-state index in [4.69, 9.17) is 4.74 Å². The highest BCUT2D eigenvalue weighted by Crippen LogP contribution is 2.23. The number of carbonyl (C=O) groups excluding carboxylic acids is 2. The molecule has 0 aliphatic carbocycles. The van der Waals surface area contributed by atoms with E-state index in [0.717, 1.165) is 0 Å². The summed E-state index contributed by atoms with van der Waals surface area (Å²) in [5.41, 5.74) is 0. The van der Waals surface area contributed by atoms with Crippen LogP contribution in [-0.2, 0) is 14.3 Å². The van der Waals surface area contributed by atoms with Crippen molar-refractivity contribution < 1.29 is 14.3 Å². The van der Waals surface area contributed by atoms with Gasteiger partial charge in [-0.25, -0.2) is 0 Å². The molecule has 0 N–H and O–H groups in total. The molecule has 0 bridgehead atoms. The second kappa shape index (κ2) is 7.58. The lowest BCUT2D eigenvalue weighted by molar-refractivity contribution is -0.148. The molecule has 0 aromatic carbocycles. The van der Waals surface area contributed by atoms with Crippen LogP contribution in [0.2, 0.25) is 0 Å². The van der Waals surface area contributed by atoms with Gasteiger partial charge in [-0.3, -0.25) is 9.59 Å². The minimum absolute atomic E-state index is 0.0134. The van der Waals surface area contributed by atoms with Crippen LogP contribution in [0.25, 0.3) is 0 Å². The Morgan fingerprint density at radius 3 is 2.24 bits per heavy atom. The van der Waals surface area contributed by atoms with Crippen molar-refractivity contribution in [3.8, 4) is 0 Å². The number of amides is 1. The summed E-state index contributed by atoms with van der Waals surface area (Å²) < 4.78 is 4.88. The fraction of sp³-hybridized carbons (Fsp3) is 0.833. The third kappa shape index (κ3) is 8.07. The van der Waals surface area contributed by atoms with Gasteiger partial charge in [-0.15, -0.1) is 11.8 Å². The first-order valence-corrected chi connectivity index (χ1v) is 6.86. The van der Waals surface area contributed by atoms with Crippen molar-refractivity contribution in [3.05, 3.63) is 0 Å². The Kier molecular flexibility index (Phi) is 7.27. The van der Waals surface area contributed by atoms with E-state index in [1.54, 1.807) is 18.7 Å². The third-order valence-electron chi connectivity index (χ3n) is 1.99. The summed E-state index contributed by atoms with van der Waals surface area (Å²) in [5, 5.41) is 0. The molecule has 17 heavy (non-hydrogen) atoms. The quantitative estimate of drug-likeness (QED) is 0.685. The van der Waals surface area contributed by atoms with Gasteiger partial charge in [0, 0.05) is 11.3 Å². The molecule has 0 aromatic rings. The maximum Gasteiger partial charge on any atom is 0.325 e. The van der Waals surface area contributed by atoms with Gasteiger partial charge in [0.25, 0.3) is 0 Å². The summed E-state index contributed by atoms with van der Waals surface area (Å²) in [4.78, 5) is 24.7. The molecule has 100 valence electrons. The Morgan fingerprint density at radius 1 is 1.24 bits per heavy atom. The molecule has 0 aromatic heterocycles. The number of nitrogens with zero attached hydrogens (tertiary/aromatic N) is 1. The predicted octanol–water partition coefficient (Wildman–Crippen LogP) is 1.93. The standard InChI is InChI=1S/C12H23NO3S/c1-6-13(8-11(15)16-7-2)10(14)9-17-12(3,4)5/h6-9H2,1-5H3. The van der Waals surface area contributed by atoms with Crippen LogP contribution in [0, 0.1) is 0 Å². The third-order valence-corrected chi connectivity index (χ3v) is 3.25. The molecule has 1 amide bonds. The Morgan fingerprint density at radius 2 is 1.82 bits per heavy atom. The van der Waals surface area contributed by atoms with E-state index in [2.05, 4.69) is 20.8 Å². The lowest BCUT2D eigenvalue weighted by Crippen LogP contribution is -2.38. The molecule has 0 rings (SSSR count). The fourth-order valence-electron chi connectivity index (χ4n) is 1.11. The van der Waals surface area contributed by atoms with Crippen molar-refractivity contribution >= 4 is 23.6 Å². The first-order chi connectivity index (χ1) is 7.80. The predicted molar refractivity (Wildman–Crippen MR) is 71.1 cm³/mol. The average Bonchev–Trinajstić information content (AvgIpc) is 2.22. The van der Waals surface area contributed by atoms with Gasteiger partial charge < -0.3 is 9.64 Å². The molecular formula is C12H23NO3S. The van der Waals surface area contributed by atoms with Gasteiger partial charge in [0.05, 0.1) is 12.4 Å². The van der Waals surface area contributed by atoms with Crippen LogP contribution in [0.1, 0.15) is 34.6 Å². The Labute approximate surface area is 108 Å². The number of rotatable bonds is 6. The molecule has 0 spiro atoms. The van der Waals surface area contributed by atoms with Gasteiger partial charge >= 0.3 is 5.97 Å². The van der Waals surface area contributed by atoms with Crippen LogP contribution in [-0.4, -0.2) is 47.0 Å². The van der Waals surface area contributed by atoms with Crippen molar-refractivity contribution in [1.29, 1.82) is 0 Å². The van der Waals surface area contributed by atoms with Crippen molar-refractivity contribution in [3.63, 3.8) is 0 Å². The summed E-state index contributed by atoms with van der Waals surface area (Å²) in [7, 11) is 0. The van der Waals surface area contributed by atoms with Gasteiger partial charge in [-0.2, -0.15) is 0 Å². The summed E-state index contributed by atoms with van der Waals surface area (Å²) in [6, 6.07) is 0. The number of likely N-dealkylation sites (N-methyl/N-ethyl adjacent to an activating group) is 1. The van der Waals surface area contributed by atoms with Crippen LogP contribution >= 0.6 is 11.8 Å². The minimum atomic E-state index is -0.344. The van der Waals surface area contributed by atoms with Gasteiger partial charge in [0.15, 0.2) is 0 Å². The summed E-state index contributed by atoms with van der Waals surface area (Å²) in [6.07, 6.45) is 0. The maximum absolute atomic E-state index is 11.9. The highest BCUT2D eigenvalue weighted by molar-refractivity contribution is 8.01. The number of ether oxygens (including phenoxy) is 1. The highest BCUT2D eigenvalue weighted by atomic mass is 32.2. The zero-order chi connectivity index (χ0) is 13.5. The second-order valence-electron chi connectivity index (χ2n) is 4.61. The Balaban J connectivity index is 4.17. The molecule has 0 saturated heterocycles. The number of thioether (sulfide) groups is 1. The van der Waals surface area contributed by atoms with E-state index in [1.807, 2.05) is 6.92 Å². The number of esters is 1. The van der Waals surface area contributed by atoms with Crippen LogP contribution in [0.15, 0.2) is 0 Å². The second-order valence-corrected chi connectivity index (χ2v) is 6.42. The fourth-order valence-corrected chi connectivity index (χ4v) is 1.85. The van der Waals surface area contributed by atoms with Crippen LogP contribution in [0.5, 0.6) is 0 Å². The zero-order valence-electron chi connectivity index (χ0n) is 11.4. The van der Waals surface area contributed by atoms with Crippen molar-refractivity contribution in [2.45, 2.75) is 39.4 Å². The lowest BCUT2D eigenvalue weighted by Gasteiger charge is -2.22. The number of carbonyl (C=O) groups is 2. The smallest absolute Gasteiger partial charge is 0.325 e. The SMILES string of the molecule is CCOC(=O)CN(CC)C(=O)CSC(C)(C)C. The largest absolute Gasteiger partial charge is 0.465 e. The molecule has 0 saturated carbocycles. The minimum Gasteiger partial charge on any atom is -0.465 e. The normalized spacial score (nSPS) is 11.1. The van der Waals surface area contributed by atoms with Gasteiger partial charge in [0.1, 0.15) is 6.54 Å². The Bertz CT molecular complexity index is 261. The van der Waals surface area contributed by atoms with Crippen molar-refractivity contribution in [2.75, 3.05) is 25.4 Å². The van der Waals surface area contributed by atoms with E-state index >= 15 is 0 Å². The molecule has 4 nitrogen and oxygen atoms in total. The average molecular weight is 261 g/mol. The zero-order valence-corrected chi connectivity index (χ0v) is 12.2. The van der Waals surface area contributed by atoms with Crippen molar-refractivity contribution in [2.24, 2.45) is 0 Å². The molecule has 0 radical (unpaired) electrons. The topological polar surface area (TPSA) is 46.6 Å². The Hall–Kier alpha value is -0.710. The van der Waals surface area contributed by atoms with Crippen LogP contribution in [0.3, 0.4) is 0 Å². The van der Waals surface area contributed by atoms with E-state index < -0.39 is 0 Å². The van der Waals surface area contributed by atoms with Gasteiger partial charge in [0.2, 0.25) is 5.91 Å². The summed E-state index contributed by atoms with van der Waals surface area (Å²) in [6.45, 7) is 10.7. The van der Waals surface area contributed by atoms with Gasteiger partial charge in [-0.05, 0) is 13.8 Å². The molecule has 5 heteroatoms. The lowest BCUT2D eigenvalue weighted by atomic mass is 10.3.